The molecule has 0 bridgehead atoms. The van der Waals surface area contributed by atoms with E-state index in [1.54, 1.807) is 17.0 Å². The number of aliphatic hydroxyl groups is 1. The van der Waals surface area contributed by atoms with E-state index >= 15 is 0 Å². The quantitative estimate of drug-likeness (QED) is 0.856. The number of rotatable bonds is 5. The van der Waals surface area contributed by atoms with Crippen molar-refractivity contribution in [1.82, 2.24) is 14.8 Å². The summed E-state index contributed by atoms with van der Waals surface area (Å²) in [6.45, 7) is 1.44. The number of carbonyl (C=O) groups excluding carboxylic acids is 1. The maximum absolute atomic E-state index is 12.8. The van der Waals surface area contributed by atoms with Crippen molar-refractivity contribution in [3.05, 3.63) is 17.7 Å². The van der Waals surface area contributed by atoms with Gasteiger partial charge in [0, 0.05) is 19.2 Å². The van der Waals surface area contributed by atoms with Crippen LogP contribution in [0.25, 0.3) is 0 Å². The van der Waals surface area contributed by atoms with Gasteiger partial charge in [-0.1, -0.05) is 0 Å². The smallest absolute Gasteiger partial charge is 0.259 e. The summed E-state index contributed by atoms with van der Waals surface area (Å²) in [5, 5.41) is 10.7. The number of pyridine rings is 1. The fraction of sp³-hybridized carbons (Fsp3) is 0.625. The van der Waals surface area contributed by atoms with Crippen LogP contribution in [-0.2, 0) is 0 Å². The minimum absolute atomic E-state index is 0.186. The van der Waals surface area contributed by atoms with E-state index in [4.69, 9.17) is 9.47 Å². The Balaban J connectivity index is 2.19. The first-order valence-corrected chi connectivity index (χ1v) is 7.64. The largest absolute Gasteiger partial charge is 0.481 e. The first-order chi connectivity index (χ1) is 10.9. The second-order valence-corrected chi connectivity index (χ2v) is 6.20. The van der Waals surface area contributed by atoms with E-state index in [0.717, 1.165) is 6.42 Å². The number of β-amino-alcohol motifs (C(OH)–C–C–N with tert-alkyl or cyclic N) is 1. The van der Waals surface area contributed by atoms with Crippen molar-refractivity contribution in [3.63, 3.8) is 0 Å². The SMILES string of the molecule is COc1ccc(C(=O)N2CCC[C@@](O)(CN(C)C)C2)c(OC)n1. The Labute approximate surface area is 136 Å². The molecule has 0 aromatic carbocycles. The highest BCUT2D eigenvalue weighted by atomic mass is 16.5. The zero-order valence-corrected chi connectivity index (χ0v) is 14.2. The van der Waals surface area contributed by atoms with Crippen molar-refractivity contribution < 1.29 is 19.4 Å². The number of nitrogens with zero attached hydrogens (tertiary/aromatic N) is 3. The number of likely N-dealkylation sites (N-methyl/N-ethyl adjacent to an activating group) is 1. The highest BCUT2D eigenvalue weighted by molar-refractivity contribution is 5.96. The summed E-state index contributed by atoms with van der Waals surface area (Å²) in [7, 11) is 6.80. The third-order valence-corrected chi connectivity index (χ3v) is 3.92. The average Bonchev–Trinajstić information content (AvgIpc) is 2.52. The van der Waals surface area contributed by atoms with Crippen LogP contribution in [0.2, 0.25) is 0 Å². The van der Waals surface area contributed by atoms with Crippen LogP contribution < -0.4 is 9.47 Å². The number of hydrogen-bond donors (Lipinski definition) is 1. The molecule has 2 rings (SSSR count). The highest BCUT2D eigenvalue weighted by Crippen LogP contribution is 2.26. The van der Waals surface area contributed by atoms with Gasteiger partial charge in [0.25, 0.3) is 5.91 Å². The summed E-state index contributed by atoms with van der Waals surface area (Å²) in [4.78, 5) is 20.5. The minimum atomic E-state index is -0.884. The lowest BCUT2D eigenvalue weighted by Crippen LogP contribution is -2.54. The summed E-state index contributed by atoms with van der Waals surface area (Å²) in [5.74, 6) is 0.436. The molecule has 0 radical (unpaired) electrons. The Morgan fingerprint density at radius 1 is 1.39 bits per heavy atom. The third-order valence-electron chi connectivity index (χ3n) is 3.92. The Bertz CT molecular complexity index is 564. The van der Waals surface area contributed by atoms with Crippen molar-refractivity contribution in [1.29, 1.82) is 0 Å². The molecule has 2 heterocycles. The lowest BCUT2D eigenvalue weighted by molar-refractivity contribution is -0.0392. The van der Waals surface area contributed by atoms with Gasteiger partial charge in [-0.05, 0) is 33.0 Å². The Morgan fingerprint density at radius 3 is 2.74 bits per heavy atom. The molecule has 1 atom stereocenters. The van der Waals surface area contributed by atoms with Gasteiger partial charge in [0.05, 0.1) is 26.4 Å². The van der Waals surface area contributed by atoms with Gasteiger partial charge in [-0.2, -0.15) is 4.98 Å². The molecule has 1 aromatic rings. The van der Waals surface area contributed by atoms with E-state index in [1.807, 2.05) is 19.0 Å². The van der Waals surface area contributed by atoms with Crippen LogP contribution in [0.5, 0.6) is 11.8 Å². The summed E-state index contributed by atoms with van der Waals surface area (Å²) >= 11 is 0. The Morgan fingerprint density at radius 2 is 2.13 bits per heavy atom. The molecule has 128 valence electrons. The molecule has 7 nitrogen and oxygen atoms in total. The van der Waals surface area contributed by atoms with E-state index in [-0.39, 0.29) is 11.8 Å². The lowest BCUT2D eigenvalue weighted by Gasteiger charge is -2.40. The summed E-state index contributed by atoms with van der Waals surface area (Å²) in [5.41, 5.74) is -0.507. The van der Waals surface area contributed by atoms with Crippen LogP contribution in [0.1, 0.15) is 23.2 Å². The van der Waals surface area contributed by atoms with Crippen LogP contribution in [0, 0.1) is 0 Å². The van der Waals surface area contributed by atoms with Gasteiger partial charge in [0.15, 0.2) is 0 Å². The fourth-order valence-corrected chi connectivity index (χ4v) is 3.03. The van der Waals surface area contributed by atoms with Crippen LogP contribution in [0.3, 0.4) is 0 Å². The molecule has 1 amide bonds. The van der Waals surface area contributed by atoms with Crippen molar-refractivity contribution in [2.75, 3.05) is 47.9 Å². The minimum Gasteiger partial charge on any atom is -0.481 e. The maximum Gasteiger partial charge on any atom is 0.259 e. The molecule has 1 fully saturated rings. The van der Waals surface area contributed by atoms with E-state index in [0.29, 0.717) is 37.5 Å². The highest BCUT2D eigenvalue weighted by Gasteiger charge is 2.36. The van der Waals surface area contributed by atoms with Crippen LogP contribution in [-0.4, -0.2) is 79.3 Å². The summed E-state index contributed by atoms with van der Waals surface area (Å²) in [6, 6.07) is 3.28. The first-order valence-electron chi connectivity index (χ1n) is 7.64. The Hall–Kier alpha value is -1.86. The predicted molar refractivity (Wildman–Crippen MR) is 86.0 cm³/mol. The van der Waals surface area contributed by atoms with Crippen molar-refractivity contribution in [2.24, 2.45) is 0 Å². The second kappa shape index (κ2) is 7.14. The molecule has 1 aliphatic heterocycles. The predicted octanol–water partition coefficient (Wildman–Crippen LogP) is 0.627. The number of methoxy groups -OCH3 is 2. The normalized spacial score (nSPS) is 21.4. The molecule has 1 N–H and O–H groups in total. The standard InChI is InChI=1S/C16H25N3O4/c1-18(2)10-16(21)8-5-9-19(11-16)15(20)12-6-7-13(22-3)17-14(12)23-4/h6-7,21H,5,8-11H2,1-4H3/t16-/m1/s1. The Kier molecular flexibility index (Phi) is 5.43. The van der Waals surface area contributed by atoms with Crippen molar-refractivity contribution in [2.45, 2.75) is 18.4 Å². The molecular formula is C16H25N3O4. The lowest BCUT2D eigenvalue weighted by atomic mass is 9.92. The fourth-order valence-electron chi connectivity index (χ4n) is 3.03. The zero-order valence-electron chi connectivity index (χ0n) is 14.2. The number of piperidine rings is 1. The first kappa shape index (κ1) is 17.5. The van der Waals surface area contributed by atoms with Crippen molar-refractivity contribution >= 4 is 5.91 Å². The molecular weight excluding hydrogens is 298 g/mol. The summed E-state index contributed by atoms with van der Waals surface area (Å²) in [6.07, 6.45) is 1.45. The van der Waals surface area contributed by atoms with Crippen molar-refractivity contribution in [3.8, 4) is 11.8 Å². The number of hydrogen-bond acceptors (Lipinski definition) is 6. The maximum atomic E-state index is 12.8. The molecule has 0 aliphatic carbocycles. The van der Waals surface area contributed by atoms with Crippen LogP contribution >= 0.6 is 0 Å². The molecule has 23 heavy (non-hydrogen) atoms. The number of likely N-dealkylation sites (tertiary alicyclic amines) is 1. The molecule has 7 heteroatoms. The van der Waals surface area contributed by atoms with E-state index in [9.17, 15) is 9.90 Å². The topological polar surface area (TPSA) is 75.1 Å². The van der Waals surface area contributed by atoms with Gasteiger partial charge in [-0.15, -0.1) is 0 Å². The molecule has 1 aromatic heterocycles. The number of amides is 1. The molecule has 0 saturated carbocycles. The van der Waals surface area contributed by atoms with Gasteiger partial charge >= 0.3 is 0 Å². The zero-order chi connectivity index (χ0) is 17.0. The van der Waals surface area contributed by atoms with E-state index in [1.165, 1.54) is 14.2 Å². The molecule has 0 spiro atoms. The van der Waals surface area contributed by atoms with Gasteiger partial charge in [0.2, 0.25) is 11.8 Å². The number of carbonyl (C=O) groups is 1. The molecule has 0 unspecified atom stereocenters. The number of aromatic nitrogens is 1. The van der Waals surface area contributed by atoms with E-state index in [2.05, 4.69) is 4.98 Å². The monoisotopic (exact) mass is 323 g/mol. The van der Waals surface area contributed by atoms with Gasteiger partial charge in [-0.3, -0.25) is 4.79 Å². The molecule has 1 saturated heterocycles. The van der Waals surface area contributed by atoms with Crippen LogP contribution in [0.15, 0.2) is 12.1 Å². The van der Waals surface area contributed by atoms with Gasteiger partial charge in [0.1, 0.15) is 5.56 Å². The van der Waals surface area contributed by atoms with Gasteiger partial charge in [-0.25, -0.2) is 0 Å². The third kappa shape index (κ3) is 4.11. The molecule has 1 aliphatic rings. The van der Waals surface area contributed by atoms with E-state index < -0.39 is 5.60 Å². The average molecular weight is 323 g/mol. The van der Waals surface area contributed by atoms with Crippen LogP contribution in [0.4, 0.5) is 0 Å². The summed E-state index contributed by atoms with van der Waals surface area (Å²) < 4.78 is 10.3. The van der Waals surface area contributed by atoms with Gasteiger partial charge < -0.3 is 24.4 Å². The number of ether oxygens (including phenoxy) is 2. The second-order valence-electron chi connectivity index (χ2n) is 6.20.